The van der Waals surface area contributed by atoms with Gasteiger partial charge in [0, 0.05) is 6.54 Å². The number of aliphatic imine (C=N–C) groups is 2. The first-order valence-electron chi connectivity index (χ1n) is 10.6. The van der Waals surface area contributed by atoms with Gasteiger partial charge in [0.05, 0.1) is 30.9 Å². The Morgan fingerprint density at radius 1 is 1.21 bits per heavy atom. The summed E-state index contributed by atoms with van der Waals surface area (Å²) < 4.78 is 0. The number of hydrogen-bond donors (Lipinski definition) is 3. The van der Waals surface area contributed by atoms with Crippen LogP contribution in [0.15, 0.2) is 52.4 Å². The van der Waals surface area contributed by atoms with Gasteiger partial charge in [0.1, 0.15) is 5.84 Å². The highest BCUT2D eigenvalue weighted by Crippen LogP contribution is 2.25. The third-order valence-electron chi connectivity index (χ3n) is 5.77. The molecule has 4 rings (SSSR count). The zero-order valence-corrected chi connectivity index (χ0v) is 17.7. The minimum Gasteiger partial charge on any atom is -0.367 e. The maximum atomic E-state index is 5.67. The Balaban J connectivity index is 1.39. The van der Waals surface area contributed by atoms with Gasteiger partial charge in [-0.15, -0.1) is 0 Å². The minimum absolute atomic E-state index is 0.128. The van der Waals surface area contributed by atoms with Gasteiger partial charge in [0.15, 0.2) is 5.11 Å². The van der Waals surface area contributed by atoms with E-state index in [4.69, 9.17) is 17.2 Å². The summed E-state index contributed by atoms with van der Waals surface area (Å²) in [6.07, 6.45) is 6.50. The van der Waals surface area contributed by atoms with Crippen molar-refractivity contribution in [3.63, 3.8) is 0 Å². The van der Waals surface area contributed by atoms with Crippen LogP contribution in [0.5, 0.6) is 0 Å². The largest absolute Gasteiger partial charge is 0.367 e. The Kier molecular flexibility index (Phi) is 6.39. The molecule has 1 unspecified atom stereocenters. The zero-order valence-electron chi connectivity index (χ0n) is 16.9. The molecule has 1 saturated carbocycles. The molecule has 1 aliphatic heterocycles. The van der Waals surface area contributed by atoms with Gasteiger partial charge in [-0.3, -0.25) is 9.98 Å². The van der Waals surface area contributed by atoms with Crippen molar-refractivity contribution < 1.29 is 0 Å². The van der Waals surface area contributed by atoms with Crippen LogP contribution in [0.2, 0.25) is 0 Å². The lowest BCUT2D eigenvalue weighted by molar-refractivity contribution is 0.361. The molecule has 0 saturated heterocycles. The molecule has 0 radical (unpaired) electrons. The first-order valence-corrected chi connectivity index (χ1v) is 11.0. The fourth-order valence-corrected chi connectivity index (χ4v) is 4.57. The van der Waals surface area contributed by atoms with E-state index < -0.39 is 0 Å². The summed E-state index contributed by atoms with van der Waals surface area (Å²) in [5, 5.41) is 13.5. The van der Waals surface area contributed by atoms with Crippen LogP contribution in [0.3, 0.4) is 0 Å². The molecule has 1 heterocycles. The standard InChI is InChI=1S/C23H29N5S/c1-16(18-10-6-8-17-7-2-3-9-19(17)18)27-23(29)28-21-12-5-4-11-20(21)26-15-22-24-13-14-25-22/h2-3,6-10,15-16,20-21H,4-5,11-14H2,1H3,(H,24,25)(H2,27,28,29)/t16-,20-,21?/m0/s1. The van der Waals surface area contributed by atoms with Crippen LogP contribution in [0.25, 0.3) is 10.8 Å². The fraction of sp³-hybridized carbons (Fsp3) is 0.435. The predicted molar refractivity (Wildman–Crippen MR) is 126 cm³/mol. The third-order valence-corrected chi connectivity index (χ3v) is 6.01. The van der Waals surface area contributed by atoms with E-state index in [1.807, 2.05) is 6.21 Å². The number of rotatable bonds is 5. The lowest BCUT2D eigenvalue weighted by atomic mass is 9.91. The van der Waals surface area contributed by atoms with Crippen LogP contribution >= 0.6 is 12.2 Å². The van der Waals surface area contributed by atoms with Gasteiger partial charge < -0.3 is 16.0 Å². The molecule has 29 heavy (non-hydrogen) atoms. The molecule has 6 heteroatoms. The summed E-state index contributed by atoms with van der Waals surface area (Å²) >= 11 is 5.67. The van der Waals surface area contributed by atoms with Crippen molar-refractivity contribution in [2.24, 2.45) is 9.98 Å². The monoisotopic (exact) mass is 407 g/mol. The molecule has 3 atom stereocenters. The third kappa shape index (κ3) is 4.93. The molecule has 1 fully saturated rings. The lowest BCUT2D eigenvalue weighted by Gasteiger charge is -2.31. The molecular formula is C23H29N5S. The van der Waals surface area contributed by atoms with Crippen molar-refractivity contribution in [3.05, 3.63) is 48.0 Å². The predicted octanol–water partition coefficient (Wildman–Crippen LogP) is 3.75. The maximum absolute atomic E-state index is 5.67. The average molecular weight is 408 g/mol. The number of nitrogens with zero attached hydrogens (tertiary/aromatic N) is 2. The molecule has 1 aliphatic carbocycles. The number of nitrogens with one attached hydrogen (secondary N) is 3. The molecule has 152 valence electrons. The first-order chi connectivity index (χ1) is 14.2. The van der Waals surface area contributed by atoms with Gasteiger partial charge in [-0.2, -0.15) is 0 Å². The van der Waals surface area contributed by atoms with E-state index in [2.05, 4.69) is 70.3 Å². The van der Waals surface area contributed by atoms with Crippen LogP contribution in [0.4, 0.5) is 0 Å². The average Bonchev–Trinajstić information content (AvgIpc) is 3.26. The van der Waals surface area contributed by atoms with Gasteiger partial charge in [0.25, 0.3) is 0 Å². The van der Waals surface area contributed by atoms with E-state index in [0.717, 1.165) is 31.8 Å². The lowest BCUT2D eigenvalue weighted by Crippen LogP contribution is -2.48. The maximum Gasteiger partial charge on any atom is 0.167 e. The fourth-order valence-electron chi connectivity index (χ4n) is 4.24. The second kappa shape index (κ2) is 9.35. The van der Waals surface area contributed by atoms with Gasteiger partial charge >= 0.3 is 0 Å². The normalized spacial score (nSPS) is 22.9. The van der Waals surface area contributed by atoms with E-state index in [0.29, 0.717) is 5.11 Å². The van der Waals surface area contributed by atoms with E-state index in [-0.39, 0.29) is 18.1 Å². The van der Waals surface area contributed by atoms with Gasteiger partial charge in [-0.25, -0.2) is 0 Å². The summed E-state index contributed by atoms with van der Waals surface area (Å²) in [6.45, 7) is 3.91. The molecular weight excluding hydrogens is 378 g/mol. The molecule has 2 aliphatic rings. The van der Waals surface area contributed by atoms with Crippen molar-refractivity contribution in [2.75, 3.05) is 13.1 Å². The Morgan fingerprint density at radius 2 is 2.03 bits per heavy atom. The Hall–Kier alpha value is -2.47. The second-order valence-corrected chi connectivity index (χ2v) is 8.25. The minimum atomic E-state index is 0.128. The molecule has 0 aromatic heterocycles. The van der Waals surface area contributed by atoms with E-state index >= 15 is 0 Å². The number of thiocarbonyl (C=S) groups is 1. The highest BCUT2D eigenvalue weighted by Gasteiger charge is 2.25. The quantitative estimate of drug-likeness (QED) is 0.522. The van der Waals surface area contributed by atoms with Crippen molar-refractivity contribution >= 4 is 40.2 Å². The Bertz CT molecular complexity index is 917. The van der Waals surface area contributed by atoms with Crippen molar-refractivity contribution in [1.82, 2.24) is 16.0 Å². The van der Waals surface area contributed by atoms with E-state index in [1.54, 1.807) is 0 Å². The molecule has 0 amide bonds. The van der Waals surface area contributed by atoms with Crippen LogP contribution in [-0.4, -0.2) is 42.3 Å². The smallest absolute Gasteiger partial charge is 0.167 e. The molecule has 3 N–H and O–H groups in total. The number of hydrogen-bond acceptors (Lipinski definition) is 4. The van der Waals surface area contributed by atoms with E-state index in [1.165, 1.54) is 29.2 Å². The number of fused-ring (bicyclic) bond motifs is 1. The van der Waals surface area contributed by atoms with Crippen LogP contribution in [0.1, 0.15) is 44.2 Å². The highest BCUT2D eigenvalue weighted by atomic mass is 32.1. The number of benzene rings is 2. The molecule has 2 aromatic rings. The molecule has 0 spiro atoms. The Labute approximate surface area is 178 Å². The van der Waals surface area contributed by atoms with Crippen LogP contribution in [-0.2, 0) is 0 Å². The Morgan fingerprint density at radius 3 is 2.90 bits per heavy atom. The summed E-state index contributed by atoms with van der Waals surface area (Å²) in [7, 11) is 0. The highest BCUT2D eigenvalue weighted by molar-refractivity contribution is 7.80. The molecule has 2 aromatic carbocycles. The van der Waals surface area contributed by atoms with Gasteiger partial charge in [0.2, 0.25) is 0 Å². The summed E-state index contributed by atoms with van der Waals surface area (Å²) in [5.74, 6) is 0.902. The van der Waals surface area contributed by atoms with Crippen LogP contribution in [0, 0.1) is 0 Å². The summed E-state index contributed by atoms with van der Waals surface area (Å²) in [4.78, 5) is 9.21. The SMILES string of the molecule is C[C@H](NC(=S)NC1CCCC[C@@H]1N=CC1=NCCN1)c1cccc2ccccc12. The number of amidine groups is 1. The summed E-state index contributed by atoms with van der Waals surface area (Å²) in [5.41, 5.74) is 1.26. The zero-order chi connectivity index (χ0) is 20.1. The van der Waals surface area contributed by atoms with Crippen LogP contribution < -0.4 is 16.0 Å². The topological polar surface area (TPSA) is 60.8 Å². The van der Waals surface area contributed by atoms with Crippen molar-refractivity contribution in [1.29, 1.82) is 0 Å². The van der Waals surface area contributed by atoms with Gasteiger partial charge in [-0.1, -0.05) is 55.3 Å². The van der Waals surface area contributed by atoms with Gasteiger partial charge in [-0.05, 0) is 48.3 Å². The molecule has 0 bridgehead atoms. The molecule has 5 nitrogen and oxygen atoms in total. The first kappa shape index (κ1) is 19.8. The summed E-state index contributed by atoms with van der Waals surface area (Å²) in [6, 6.07) is 15.5. The van der Waals surface area contributed by atoms with E-state index in [9.17, 15) is 0 Å². The van der Waals surface area contributed by atoms with Crippen molar-refractivity contribution in [2.45, 2.75) is 50.7 Å². The van der Waals surface area contributed by atoms with Crippen molar-refractivity contribution in [3.8, 4) is 0 Å². The second-order valence-electron chi connectivity index (χ2n) is 7.84.